The van der Waals surface area contributed by atoms with Gasteiger partial charge in [0.05, 0.1) is 12.8 Å². The maximum absolute atomic E-state index is 11.8. The fourth-order valence-corrected chi connectivity index (χ4v) is 1.56. The second-order valence-corrected chi connectivity index (χ2v) is 4.23. The summed E-state index contributed by atoms with van der Waals surface area (Å²) in [5, 5.41) is 5.83. The van der Waals surface area contributed by atoms with Crippen LogP contribution < -0.4 is 5.32 Å². The maximum Gasteiger partial charge on any atom is 0.325 e. The molecule has 1 aromatic rings. The average molecular weight is 274 g/mol. The van der Waals surface area contributed by atoms with E-state index in [2.05, 4.69) is 15.2 Å². The molecule has 18 heavy (non-hydrogen) atoms. The Morgan fingerprint density at radius 1 is 1.61 bits per heavy atom. The number of carbonyl (C=O) groups is 2. The van der Waals surface area contributed by atoms with Crippen molar-refractivity contribution in [2.75, 3.05) is 13.7 Å². The molecule has 0 aliphatic carbocycles. The molecule has 0 spiro atoms. The van der Waals surface area contributed by atoms with Crippen LogP contribution in [-0.4, -0.2) is 40.7 Å². The third-order valence-electron chi connectivity index (χ3n) is 2.42. The highest BCUT2D eigenvalue weighted by Crippen LogP contribution is 2.04. The van der Waals surface area contributed by atoms with Crippen molar-refractivity contribution >= 4 is 23.5 Å². The zero-order valence-corrected chi connectivity index (χ0v) is 11.3. The molecule has 1 atom stereocenters. The highest BCUT2D eigenvalue weighted by molar-refractivity contribution is 6.30. The molecule has 0 radical (unpaired) electrons. The van der Waals surface area contributed by atoms with E-state index >= 15 is 0 Å². The van der Waals surface area contributed by atoms with Crippen LogP contribution in [0.3, 0.4) is 0 Å². The zero-order valence-electron chi connectivity index (χ0n) is 10.6. The molecule has 0 bridgehead atoms. The Labute approximate surface area is 110 Å². The van der Waals surface area contributed by atoms with Gasteiger partial charge in [-0.05, 0) is 12.5 Å². The minimum absolute atomic E-state index is 0.0136. The van der Waals surface area contributed by atoms with Crippen LogP contribution in [0.2, 0.25) is 0 Å². The fraction of sp³-hybridized carbons (Fsp3) is 0.545. The number of nitrogens with one attached hydrogen (secondary N) is 1. The van der Waals surface area contributed by atoms with Gasteiger partial charge in [0.1, 0.15) is 11.1 Å². The van der Waals surface area contributed by atoms with Gasteiger partial charge in [0.25, 0.3) is 5.91 Å². The monoisotopic (exact) mass is 273 g/mol. The van der Waals surface area contributed by atoms with Gasteiger partial charge in [-0.25, -0.2) is 0 Å². The van der Waals surface area contributed by atoms with Crippen LogP contribution in [0.15, 0.2) is 6.07 Å². The standard InChI is InChI=1S/C11H16ClN3O3/c1-4-7-5-9(15(2)14-7)10(16)13-6-8(12)11(17)18-3/h5,8H,4,6H2,1-3H3,(H,13,16). The van der Waals surface area contributed by atoms with Gasteiger partial charge >= 0.3 is 5.97 Å². The first-order valence-electron chi connectivity index (χ1n) is 5.52. The van der Waals surface area contributed by atoms with Gasteiger partial charge in [0.15, 0.2) is 0 Å². The van der Waals surface area contributed by atoms with E-state index in [1.54, 1.807) is 13.1 Å². The number of aryl methyl sites for hydroxylation is 2. The minimum Gasteiger partial charge on any atom is -0.468 e. The first kappa shape index (κ1) is 14.5. The van der Waals surface area contributed by atoms with Crippen molar-refractivity contribution in [3.63, 3.8) is 0 Å². The van der Waals surface area contributed by atoms with Crippen molar-refractivity contribution in [2.45, 2.75) is 18.7 Å². The van der Waals surface area contributed by atoms with Crippen LogP contribution in [0.25, 0.3) is 0 Å². The topological polar surface area (TPSA) is 73.2 Å². The van der Waals surface area contributed by atoms with Crippen LogP contribution >= 0.6 is 11.6 Å². The highest BCUT2D eigenvalue weighted by atomic mass is 35.5. The number of halogens is 1. The number of methoxy groups -OCH3 is 1. The number of hydrogen-bond donors (Lipinski definition) is 1. The fourth-order valence-electron chi connectivity index (χ4n) is 1.40. The van der Waals surface area contributed by atoms with Crippen molar-refractivity contribution in [1.82, 2.24) is 15.1 Å². The summed E-state index contributed by atoms with van der Waals surface area (Å²) in [5.41, 5.74) is 1.26. The molecule has 100 valence electrons. The first-order valence-corrected chi connectivity index (χ1v) is 5.96. The van der Waals surface area contributed by atoms with Crippen LogP contribution in [0, 0.1) is 0 Å². The van der Waals surface area contributed by atoms with Gasteiger partial charge in [-0.3, -0.25) is 14.3 Å². The molecule has 0 saturated carbocycles. The van der Waals surface area contributed by atoms with E-state index in [9.17, 15) is 9.59 Å². The number of amides is 1. The normalized spacial score (nSPS) is 12.0. The Hall–Kier alpha value is -1.56. The van der Waals surface area contributed by atoms with E-state index in [0.717, 1.165) is 12.1 Å². The molecule has 7 heteroatoms. The number of rotatable bonds is 5. The van der Waals surface area contributed by atoms with E-state index in [0.29, 0.717) is 5.69 Å². The minimum atomic E-state index is -0.891. The molecule has 0 aliphatic rings. The second kappa shape index (κ2) is 6.39. The van der Waals surface area contributed by atoms with Gasteiger partial charge in [-0.15, -0.1) is 11.6 Å². The number of alkyl halides is 1. The summed E-state index contributed by atoms with van der Waals surface area (Å²) in [6.07, 6.45) is 0.751. The van der Waals surface area contributed by atoms with Gasteiger partial charge in [0, 0.05) is 13.6 Å². The van der Waals surface area contributed by atoms with E-state index in [-0.39, 0.29) is 12.5 Å². The largest absolute Gasteiger partial charge is 0.468 e. The Balaban J connectivity index is 2.60. The molecule has 0 aliphatic heterocycles. The molecule has 1 aromatic heterocycles. The Morgan fingerprint density at radius 3 is 2.78 bits per heavy atom. The van der Waals surface area contributed by atoms with Crippen LogP contribution in [0.5, 0.6) is 0 Å². The summed E-state index contributed by atoms with van der Waals surface area (Å²) in [5.74, 6) is -0.893. The van der Waals surface area contributed by atoms with Gasteiger partial charge < -0.3 is 10.1 Å². The molecule has 1 unspecified atom stereocenters. The lowest BCUT2D eigenvalue weighted by Gasteiger charge is -2.08. The summed E-state index contributed by atoms with van der Waals surface area (Å²) < 4.78 is 5.95. The zero-order chi connectivity index (χ0) is 13.7. The van der Waals surface area contributed by atoms with Gasteiger partial charge in [-0.2, -0.15) is 5.10 Å². The van der Waals surface area contributed by atoms with E-state index in [1.807, 2.05) is 6.92 Å². The quantitative estimate of drug-likeness (QED) is 0.626. The van der Waals surface area contributed by atoms with E-state index in [4.69, 9.17) is 11.6 Å². The molecule has 0 fully saturated rings. The number of hydrogen-bond acceptors (Lipinski definition) is 4. The van der Waals surface area contributed by atoms with Crippen LogP contribution in [0.1, 0.15) is 23.1 Å². The SMILES string of the molecule is CCc1cc(C(=O)NCC(Cl)C(=O)OC)n(C)n1. The molecule has 1 N–H and O–H groups in total. The molecule has 6 nitrogen and oxygen atoms in total. The molecule has 0 saturated heterocycles. The van der Waals surface area contributed by atoms with Crippen molar-refractivity contribution in [1.29, 1.82) is 0 Å². The lowest BCUT2D eigenvalue weighted by molar-refractivity contribution is -0.140. The van der Waals surface area contributed by atoms with Crippen molar-refractivity contribution in [2.24, 2.45) is 7.05 Å². The summed E-state index contributed by atoms with van der Waals surface area (Å²) in [4.78, 5) is 22.9. The molecule has 1 amide bonds. The lowest BCUT2D eigenvalue weighted by atomic mass is 10.3. The van der Waals surface area contributed by atoms with Gasteiger partial charge in [-0.1, -0.05) is 6.92 Å². The number of carbonyl (C=O) groups excluding carboxylic acids is 2. The Kier molecular flexibility index (Phi) is 5.15. The summed E-state index contributed by atoms with van der Waals surface area (Å²) in [6, 6.07) is 1.71. The smallest absolute Gasteiger partial charge is 0.325 e. The maximum atomic E-state index is 11.8. The van der Waals surface area contributed by atoms with Gasteiger partial charge in [0.2, 0.25) is 0 Å². The second-order valence-electron chi connectivity index (χ2n) is 3.70. The molecule has 1 heterocycles. The lowest BCUT2D eigenvalue weighted by Crippen LogP contribution is -2.35. The molecular weight excluding hydrogens is 258 g/mol. The summed E-state index contributed by atoms with van der Waals surface area (Å²) in [6.45, 7) is 1.97. The molecular formula is C11H16ClN3O3. The highest BCUT2D eigenvalue weighted by Gasteiger charge is 2.18. The number of ether oxygens (including phenoxy) is 1. The summed E-state index contributed by atoms with van der Waals surface area (Å²) in [7, 11) is 2.93. The van der Waals surface area contributed by atoms with Crippen LogP contribution in [-0.2, 0) is 23.0 Å². The third-order valence-corrected chi connectivity index (χ3v) is 2.76. The third kappa shape index (κ3) is 3.46. The van der Waals surface area contributed by atoms with E-state index in [1.165, 1.54) is 11.8 Å². The number of nitrogens with zero attached hydrogens (tertiary/aromatic N) is 2. The number of aromatic nitrogens is 2. The summed E-state index contributed by atoms with van der Waals surface area (Å²) >= 11 is 5.72. The van der Waals surface area contributed by atoms with Crippen LogP contribution in [0.4, 0.5) is 0 Å². The van der Waals surface area contributed by atoms with E-state index < -0.39 is 11.3 Å². The first-order chi connectivity index (χ1) is 8.49. The van der Waals surface area contributed by atoms with Crippen molar-refractivity contribution in [3.8, 4) is 0 Å². The molecule has 0 aromatic carbocycles. The average Bonchev–Trinajstić information content (AvgIpc) is 2.75. The van der Waals surface area contributed by atoms with Crippen molar-refractivity contribution in [3.05, 3.63) is 17.5 Å². The molecule has 1 rings (SSSR count). The predicted molar refractivity (Wildman–Crippen MR) is 66.6 cm³/mol. The Bertz CT molecular complexity index is 445. The predicted octanol–water partition coefficient (Wildman–Crippen LogP) is 0.493. The number of esters is 1. The van der Waals surface area contributed by atoms with Crippen molar-refractivity contribution < 1.29 is 14.3 Å². The Morgan fingerprint density at radius 2 is 2.28 bits per heavy atom.